The van der Waals surface area contributed by atoms with Crippen LogP contribution in [0.2, 0.25) is 5.02 Å². The third-order valence-electron chi connectivity index (χ3n) is 6.95. The zero-order valence-corrected chi connectivity index (χ0v) is 25.0. The van der Waals surface area contributed by atoms with E-state index in [2.05, 4.69) is 5.32 Å². The predicted octanol–water partition coefficient (Wildman–Crippen LogP) is 7.79. The van der Waals surface area contributed by atoms with Gasteiger partial charge in [-0.25, -0.2) is 26.4 Å². The highest BCUT2D eigenvalue weighted by Crippen LogP contribution is 2.37. The normalized spacial score (nSPS) is 12.8. The highest BCUT2D eigenvalue weighted by atomic mass is 35.5. The van der Waals surface area contributed by atoms with Gasteiger partial charge < -0.3 is 10.1 Å². The Balaban J connectivity index is 1.57. The van der Waals surface area contributed by atoms with E-state index in [0.717, 1.165) is 34.1 Å². The van der Waals surface area contributed by atoms with E-state index < -0.39 is 45.3 Å². The van der Waals surface area contributed by atoms with Crippen molar-refractivity contribution in [3.8, 4) is 0 Å². The molecule has 1 unspecified atom stereocenters. The molecule has 0 fully saturated rings. The molecule has 0 aliphatic carbocycles. The summed E-state index contributed by atoms with van der Waals surface area (Å²) in [6, 6.07) is 19.9. The Hall–Kier alpha value is -4.02. The summed E-state index contributed by atoms with van der Waals surface area (Å²) in [6.07, 6.45) is -0.637. The number of hydrogen-bond donors (Lipinski definition) is 1. The maximum atomic E-state index is 15.1. The lowest BCUT2D eigenvalue weighted by molar-refractivity contribution is 0.147. The van der Waals surface area contributed by atoms with Crippen molar-refractivity contribution in [2.45, 2.75) is 37.1 Å². The SMILES string of the molecule is CC(CNC(=O)OCCc1cc(F)ccc1[C@@H](C)N(c1cc(F)ccc1F)S(=O)(=O)c1ccc(Cl)cc1)c1ccccc1. The molecule has 0 saturated heterocycles. The third-order valence-corrected chi connectivity index (χ3v) is 9.10. The number of sulfonamides is 1. The first-order valence-electron chi connectivity index (χ1n) is 13.5. The molecule has 11 heteroatoms. The molecule has 0 aromatic heterocycles. The van der Waals surface area contributed by atoms with Gasteiger partial charge in [0.15, 0.2) is 0 Å². The van der Waals surface area contributed by atoms with Crippen LogP contribution in [0.3, 0.4) is 0 Å². The fourth-order valence-corrected chi connectivity index (χ4v) is 6.45. The highest BCUT2D eigenvalue weighted by Gasteiger charge is 2.33. The summed E-state index contributed by atoms with van der Waals surface area (Å²) in [6.45, 7) is 3.63. The zero-order chi connectivity index (χ0) is 31.1. The van der Waals surface area contributed by atoms with Crippen LogP contribution in [0.4, 0.5) is 23.7 Å². The smallest absolute Gasteiger partial charge is 0.407 e. The fraction of sp³-hybridized carbons (Fsp3) is 0.219. The van der Waals surface area contributed by atoms with Gasteiger partial charge in [-0.05, 0) is 78.1 Å². The number of nitrogens with zero attached hydrogens (tertiary/aromatic N) is 1. The number of halogens is 4. The lowest BCUT2D eigenvalue weighted by Crippen LogP contribution is -2.35. The van der Waals surface area contributed by atoms with Crippen LogP contribution in [0, 0.1) is 17.5 Å². The summed E-state index contributed by atoms with van der Waals surface area (Å²) in [5.74, 6) is -2.38. The Kier molecular flexibility index (Phi) is 10.4. The number of nitrogens with one attached hydrogen (secondary N) is 1. The first-order valence-corrected chi connectivity index (χ1v) is 15.3. The second-order valence-corrected chi connectivity index (χ2v) is 12.2. The Labute approximate surface area is 254 Å². The molecule has 4 aromatic carbocycles. The van der Waals surface area contributed by atoms with Crippen molar-refractivity contribution in [3.63, 3.8) is 0 Å². The van der Waals surface area contributed by atoms with Gasteiger partial charge in [-0.3, -0.25) is 4.31 Å². The molecular weight excluding hydrogens is 601 g/mol. The summed E-state index contributed by atoms with van der Waals surface area (Å²) >= 11 is 5.94. The quantitative estimate of drug-likeness (QED) is 0.184. The Morgan fingerprint density at radius 3 is 2.26 bits per heavy atom. The molecule has 226 valence electrons. The number of rotatable bonds is 11. The topological polar surface area (TPSA) is 75.7 Å². The molecule has 1 N–H and O–H groups in total. The van der Waals surface area contributed by atoms with E-state index in [-0.39, 0.29) is 28.9 Å². The Morgan fingerprint density at radius 1 is 0.907 bits per heavy atom. The molecule has 4 aromatic rings. The number of ether oxygens (including phenoxy) is 1. The zero-order valence-electron chi connectivity index (χ0n) is 23.4. The minimum atomic E-state index is -4.48. The summed E-state index contributed by atoms with van der Waals surface area (Å²) in [5.41, 5.74) is 1.16. The van der Waals surface area contributed by atoms with Crippen molar-refractivity contribution >= 4 is 33.4 Å². The van der Waals surface area contributed by atoms with Crippen molar-refractivity contribution in [2.75, 3.05) is 17.5 Å². The summed E-state index contributed by atoms with van der Waals surface area (Å²) in [4.78, 5) is 12.1. The van der Waals surface area contributed by atoms with Crippen molar-refractivity contribution < 1.29 is 31.1 Å². The lowest BCUT2D eigenvalue weighted by atomic mass is 9.98. The van der Waals surface area contributed by atoms with E-state index in [1.54, 1.807) is 0 Å². The molecule has 0 aliphatic heterocycles. The molecular formula is C32H30ClF3N2O4S. The molecule has 43 heavy (non-hydrogen) atoms. The van der Waals surface area contributed by atoms with E-state index in [0.29, 0.717) is 17.7 Å². The molecule has 0 saturated carbocycles. The van der Waals surface area contributed by atoms with Gasteiger partial charge >= 0.3 is 6.09 Å². The van der Waals surface area contributed by atoms with Crippen molar-refractivity contribution in [2.24, 2.45) is 0 Å². The minimum absolute atomic E-state index is 0.0273. The van der Waals surface area contributed by atoms with Crippen molar-refractivity contribution in [1.29, 1.82) is 0 Å². The molecule has 0 spiro atoms. The van der Waals surface area contributed by atoms with Crippen LogP contribution in [-0.2, 0) is 21.2 Å². The van der Waals surface area contributed by atoms with E-state index in [1.165, 1.54) is 43.3 Å². The van der Waals surface area contributed by atoms with Crippen molar-refractivity contribution in [1.82, 2.24) is 5.32 Å². The van der Waals surface area contributed by atoms with Crippen LogP contribution in [0.15, 0.2) is 95.9 Å². The van der Waals surface area contributed by atoms with E-state index in [4.69, 9.17) is 16.3 Å². The molecule has 6 nitrogen and oxygen atoms in total. The van der Waals surface area contributed by atoms with Gasteiger partial charge in [0, 0.05) is 24.1 Å². The predicted molar refractivity (Wildman–Crippen MR) is 160 cm³/mol. The van der Waals surface area contributed by atoms with Crippen LogP contribution in [0.5, 0.6) is 0 Å². The Bertz CT molecular complexity index is 1670. The number of benzene rings is 4. The maximum Gasteiger partial charge on any atom is 0.407 e. The van der Waals surface area contributed by atoms with Crippen molar-refractivity contribution in [3.05, 3.63) is 130 Å². The molecule has 0 radical (unpaired) electrons. The van der Waals surface area contributed by atoms with Gasteiger partial charge in [-0.1, -0.05) is 54.9 Å². The molecule has 0 bridgehead atoms. The van der Waals surface area contributed by atoms with Crippen LogP contribution >= 0.6 is 11.6 Å². The minimum Gasteiger partial charge on any atom is -0.449 e. The molecule has 2 atom stereocenters. The second kappa shape index (κ2) is 14.0. The van der Waals surface area contributed by atoms with Gasteiger partial charge in [0.25, 0.3) is 10.0 Å². The number of alkyl carbamates (subject to hydrolysis) is 1. The number of hydrogen-bond acceptors (Lipinski definition) is 4. The maximum absolute atomic E-state index is 15.1. The van der Waals surface area contributed by atoms with E-state index in [9.17, 15) is 22.0 Å². The first-order chi connectivity index (χ1) is 20.5. The summed E-state index contributed by atoms with van der Waals surface area (Å²) in [5, 5.41) is 2.99. The van der Waals surface area contributed by atoms with Gasteiger partial charge in [0.2, 0.25) is 0 Å². The van der Waals surface area contributed by atoms with Gasteiger partial charge in [0.05, 0.1) is 23.2 Å². The van der Waals surface area contributed by atoms with Gasteiger partial charge in [-0.2, -0.15) is 0 Å². The number of carbonyl (C=O) groups excluding carboxylic acids is 1. The average Bonchev–Trinajstić information content (AvgIpc) is 2.98. The van der Waals surface area contributed by atoms with Gasteiger partial charge in [0.1, 0.15) is 17.5 Å². The number of anilines is 1. The largest absolute Gasteiger partial charge is 0.449 e. The summed E-state index contributed by atoms with van der Waals surface area (Å²) in [7, 11) is -4.48. The lowest BCUT2D eigenvalue weighted by Gasteiger charge is -2.32. The van der Waals surface area contributed by atoms with Crippen LogP contribution in [0.25, 0.3) is 0 Å². The van der Waals surface area contributed by atoms with Gasteiger partial charge in [-0.15, -0.1) is 0 Å². The fourth-order valence-electron chi connectivity index (χ4n) is 4.69. The molecule has 0 aliphatic rings. The second-order valence-electron chi connectivity index (χ2n) is 9.95. The molecule has 0 heterocycles. The third kappa shape index (κ3) is 7.88. The van der Waals surface area contributed by atoms with Crippen LogP contribution in [-0.4, -0.2) is 27.7 Å². The molecule has 1 amide bonds. The first kappa shape index (κ1) is 31.9. The number of amides is 1. The average molecular weight is 631 g/mol. The summed E-state index contributed by atoms with van der Waals surface area (Å²) < 4.78 is 77.6. The van der Waals surface area contributed by atoms with Crippen LogP contribution in [0.1, 0.15) is 42.5 Å². The monoisotopic (exact) mass is 630 g/mol. The Morgan fingerprint density at radius 2 is 1.56 bits per heavy atom. The van der Waals surface area contributed by atoms with E-state index in [1.807, 2.05) is 37.3 Å². The molecule has 4 rings (SSSR count). The number of carbonyl (C=O) groups is 1. The standard InChI is InChI=1S/C32H30ClF3N2O4S/c1-21(23-6-4-3-5-7-23)20-37-32(39)42-17-16-24-18-26(34)10-14-29(24)22(2)38(31-19-27(35)11-15-30(31)36)43(40,41)28-12-8-25(33)9-13-28/h3-15,18-19,21-22H,16-17,20H2,1-2H3,(H,37,39)/t21?,22-/m1/s1. The van der Waals surface area contributed by atoms with E-state index >= 15 is 4.39 Å². The van der Waals surface area contributed by atoms with Crippen LogP contribution < -0.4 is 9.62 Å². The highest BCUT2D eigenvalue weighted by molar-refractivity contribution is 7.92.